The van der Waals surface area contributed by atoms with Gasteiger partial charge >= 0.3 is 5.82 Å². The number of halogens is 1. The lowest BCUT2D eigenvalue weighted by molar-refractivity contribution is -0.389. The van der Waals surface area contributed by atoms with Gasteiger partial charge in [-0.15, -0.1) is 0 Å². The fourth-order valence-electron chi connectivity index (χ4n) is 2.01. The number of hydrogen-bond donors (Lipinski definition) is 2. The molecule has 0 fully saturated rings. The predicted molar refractivity (Wildman–Crippen MR) is 88.4 cm³/mol. The Kier molecular flexibility index (Phi) is 5.70. The fraction of sp³-hybridized carbons (Fsp3) is 0.385. The number of aromatic nitrogens is 4. The van der Waals surface area contributed by atoms with Gasteiger partial charge in [-0.25, -0.2) is 0 Å². The minimum absolute atomic E-state index is 0.0142. The Balaban J connectivity index is 2.03. The van der Waals surface area contributed by atoms with Gasteiger partial charge in [0.2, 0.25) is 5.91 Å². The van der Waals surface area contributed by atoms with Crippen molar-refractivity contribution in [2.45, 2.75) is 26.4 Å². The van der Waals surface area contributed by atoms with Gasteiger partial charge < -0.3 is 20.7 Å². The van der Waals surface area contributed by atoms with Gasteiger partial charge in [0.15, 0.2) is 10.7 Å². The second-order valence-corrected chi connectivity index (χ2v) is 5.35. The standard InChI is InChI=1S/C13H16ClN7O4/c1-3-19-7-9(11(17-19)13(23)15-2)16-10(22)4-5-20-6-8(14)12(18-20)21(24)25/h6-7H,3-5H2,1-2H3,(H,15,23)(H,16,22). The first-order valence-corrected chi connectivity index (χ1v) is 7.70. The molecule has 0 aliphatic rings. The van der Waals surface area contributed by atoms with Crippen LogP contribution in [0.5, 0.6) is 0 Å². The Bertz CT molecular complexity index is 813. The van der Waals surface area contributed by atoms with Crippen molar-refractivity contribution in [3.05, 3.63) is 33.2 Å². The van der Waals surface area contributed by atoms with Crippen molar-refractivity contribution in [2.24, 2.45) is 0 Å². The van der Waals surface area contributed by atoms with Crippen molar-refractivity contribution in [3.63, 3.8) is 0 Å². The largest absolute Gasteiger partial charge is 0.408 e. The Morgan fingerprint density at radius 2 is 2.04 bits per heavy atom. The summed E-state index contributed by atoms with van der Waals surface area (Å²) in [4.78, 5) is 33.9. The molecule has 0 saturated carbocycles. The molecule has 0 aliphatic heterocycles. The Morgan fingerprint density at radius 1 is 1.32 bits per heavy atom. The van der Waals surface area contributed by atoms with Crippen molar-refractivity contribution < 1.29 is 14.5 Å². The summed E-state index contributed by atoms with van der Waals surface area (Å²) in [5, 5.41) is 23.4. The van der Waals surface area contributed by atoms with Gasteiger partial charge in [0.05, 0.1) is 23.5 Å². The van der Waals surface area contributed by atoms with E-state index in [0.717, 1.165) is 0 Å². The van der Waals surface area contributed by atoms with Crippen molar-refractivity contribution in [2.75, 3.05) is 12.4 Å². The molecule has 0 aromatic carbocycles. The molecular formula is C13H16ClN7O4. The molecule has 134 valence electrons. The summed E-state index contributed by atoms with van der Waals surface area (Å²) in [6.45, 7) is 2.48. The van der Waals surface area contributed by atoms with E-state index in [1.807, 2.05) is 6.92 Å². The van der Waals surface area contributed by atoms with Crippen molar-refractivity contribution >= 4 is 34.9 Å². The van der Waals surface area contributed by atoms with Crippen LogP contribution in [-0.2, 0) is 17.9 Å². The minimum Gasteiger partial charge on any atom is -0.358 e. The molecule has 0 saturated heterocycles. The van der Waals surface area contributed by atoms with Crippen LogP contribution in [0.3, 0.4) is 0 Å². The average Bonchev–Trinajstić information content (AvgIpc) is 3.15. The van der Waals surface area contributed by atoms with E-state index in [9.17, 15) is 19.7 Å². The van der Waals surface area contributed by atoms with Gasteiger partial charge in [-0.05, 0) is 11.8 Å². The first-order chi connectivity index (χ1) is 11.8. The smallest absolute Gasteiger partial charge is 0.358 e. The first-order valence-electron chi connectivity index (χ1n) is 7.32. The van der Waals surface area contributed by atoms with E-state index in [-0.39, 0.29) is 29.4 Å². The van der Waals surface area contributed by atoms with E-state index in [2.05, 4.69) is 20.8 Å². The summed E-state index contributed by atoms with van der Waals surface area (Å²) in [6.07, 6.45) is 2.82. The normalized spacial score (nSPS) is 10.5. The summed E-state index contributed by atoms with van der Waals surface area (Å²) in [5.41, 5.74) is 0.395. The van der Waals surface area contributed by atoms with Crippen LogP contribution in [0.4, 0.5) is 11.5 Å². The van der Waals surface area contributed by atoms with Gasteiger partial charge in [-0.1, -0.05) is 11.6 Å². The summed E-state index contributed by atoms with van der Waals surface area (Å²) in [7, 11) is 1.47. The van der Waals surface area contributed by atoms with Gasteiger partial charge in [-0.2, -0.15) is 9.78 Å². The number of nitrogens with zero attached hydrogens (tertiary/aromatic N) is 5. The average molecular weight is 370 g/mol. The second kappa shape index (κ2) is 7.75. The molecule has 25 heavy (non-hydrogen) atoms. The number of anilines is 1. The summed E-state index contributed by atoms with van der Waals surface area (Å²) in [5.74, 6) is -1.28. The lowest BCUT2D eigenvalue weighted by atomic mass is 10.3. The molecule has 12 heteroatoms. The quantitative estimate of drug-likeness (QED) is 0.552. The maximum absolute atomic E-state index is 12.1. The molecule has 2 heterocycles. The van der Waals surface area contributed by atoms with E-state index in [0.29, 0.717) is 6.54 Å². The number of carbonyl (C=O) groups excluding carboxylic acids is 2. The number of aryl methyl sites for hydroxylation is 2. The van der Waals surface area contributed by atoms with Crippen LogP contribution in [0.1, 0.15) is 23.8 Å². The molecule has 2 N–H and O–H groups in total. The van der Waals surface area contributed by atoms with E-state index in [4.69, 9.17) is 11.6 Å². The zero-order valence-electron chi connectivity index (χ0n) is 13.5. The third-order valence-electron chi connectivity index (χ3n) is 3.24. The topological polar surface area (TPSA) is 137 Å². The van der Waals surface area contributed by atoms with Crippen molar-refractivity contribution in [1.29, 1.82) is 0 Å². The van der Waals surface area contributed by atoms with E-state index >= 15 is 0 Å². The summed E-state index contributed by atoms with van der Waals surface area (Å²) < 4.78 is 2.74. The van der Waals surface area contributed by atoms with Crippen molar-refractivity contribution in [3.8, 4) is 0 Å². The highest BCUT2D eigenvalue weighted by molar-refractivity contribution is 6.32. The second-order valence-electron chi connectivity index (χ2n) is 4.95. The molecule has 2 amide bonds. The van der Waals surface area contributed by atoms with Gasteiger partial charge in [0.1, 0.15) is 0 Å². The third-order valence-corrected chi connectivity index (χ3v) is 3.51. The minimum atomic E-state index is -0.701. The maximum atomic E-state index is 12.1. The molecule has 0 bridgehead atoms. The van der Waals surface area contributed by atoms with Gasteiger partial charge in [0.25, 0.3) is 5.91 Å². The molecule has 2 aromatic rings. The summed E-state index contributed by atoms with van der Waals surface area (Å²) in [6, 6.07) is 0. The predicted octanol–water partition coefficient (Wildman–Crippen LogP) is 1.05. The highest BCUT2D eigenvalue weighted by Crippen LogP contribution is 2.21. The number of rotatable bonds is 7. The van der Waals surface area contributed by atoms with E-state index in [1.165, 1.54) is 22.6 Å². The molecular weight excluding hydrogens is 354 g/mol. The Hall–Kier alpha value is -2.95. The highest BCUT2D eigenvalue weighted by Gasteiger charge is 2.20. The monoisotopic (exact) mass is 369 g/mol. The van der Waals surface area contributed by atoms with Gasteiger partial charge in [0, 0.05) is 26.2 Å². The van der Waals surface area contributed by atoms with E-state index < -0.39 is 22.6 Å². The van der Waals surface area contributed by atoms with E-state index in [1.54, 1.807) is 6.20 Å². The third kappa shape index (κ3) is 4.32. The number of nitrogens with one attached hydrogen (secondary N) is 2. The van der Waals surface area contributed by atoms with Crippen molar-refractivity contribution in [1.82, 2.24) is 24.9 Å². The highest BCUT2D eigenvalue weighted by atomic mass is 35.5. The van der Waals surface area contributed by atoms with Crippen LogP contribution in [0, 0.1) is 10.1 Å². The maximum Gasteiger partial charge on any atom is 0.408 e. The summed E-state index contributed by atoms with van der Waals surface area (Å²) >= 11 is 5.69. The fourth-order valence-corrected chi connectivity index (χ4v) is 2.23. The zero-order valence-corrected chi connectivity index (χ0v) is 14.3. The molecule has 0 atom stereocenters. The molecule has 2 aromatic heterocycles. The molecule has 11 nitrogen and oxygen atoms in total. The molecule has 0 spiro atoms. The number of amides is 2. The first kappa shape index (κ1) is 18.4. The SMILES string of the molecule is CCn1cc(NC(=O)CCn2cc(Cl)c([N+](=O)[O-])n2)c(C(=O)NC)n1. The molecule has 0 aliphatic carbocycles. The van der Waals surface area contributed by atoms with Crippen LogP contribution in [-0.4, -0.2) is 43.3 Å². The zero-order chi connectivity index (χ0) is 18.6. The Labute approximate surface area is 147 Å². The van der Waals surface area contributed by atoms with Crippen LogP contribution in [0.15, 0.2) is 12.4 Å². The molecule has 2 rings (SSSR count). The van der Waals surface area contributed by atoms with Crippen LogP contribution in [0.2, 0.25) is 5.02 Å². The lowest BCUT2D eigenvalue weighted by Gasteiger charge is -2.03. The van der Waals surface area contributed by atoms with Crippen LogP contribution < -0.4 is 10.6 Å². The van der Waals surface area contributed by atoms with Crippen LogP contribution >= 0.6 is 11.6 Å². The number of hydrogen-bond acceptors (Lipinski definition) is 6. The van der Waals surface area contributed by atoms with Crippen LogP contribution in [0.25, 0.3) is 0 Å². The number of carbonyl (C=O) groups is 2. The molecule has 0 radical (unpaired) electrons. The molecule has 0 unspecified atom stereocenters. The lowest BCUT2D eigenvalue weighted by Crippen LogP contribution is -2.22. The number of nitro groups is 1. The van der Waals surface area contributed by atoms with Gasteiger partial charge in [-0.3, -0.25) is 14.3 Å². The Morgan fingerprint density at radius 3 is 2.60 bits per heavy atom.